The fraction of sp³-hybridized carbons (Fsp3) is 0.500. The molecule has 1 saturated heterocycles. The van der Waals surface area contributed by atoms with Crippen LogP contribution in [0, 0.1) is 5.82 Å². The summed E-state index contributed by atoms with van der Waals surface area (Å²) in [7, 11) is -3.91. The van der Waals surface area contributed by atoms with Crippen LogP contribution in [0.25, 0.3) is 0 Å². The van der Waals surface area contributed by atoms with Gasteiger partial charge in [0, 0.05) is 13.1 Å². The van der Waals surface area contributed by atoms with Crippen LogP contribution in [0.1, 0.15) is 26.2 Å². The molecule has 1 heterocycles. The zero-order valence-corrected chi connectivity index (χ0v) is 12.7. The number of amides is 1. The van der Waals surface area contributed by atoms with Gasteiger partial charge >= 0.3 is 0 Å². The number of nitrogens with two attached hydrogens (primary N) is 1. The van der Waals surface area contributed by atoms with E-state index in [1.54, 1.807) is 4.90 Å². The second kappa shape index (κ2) is 6.01. The molecule has 1 aliphatic heterocycles. The lowest BCUT2D eigenvalue weighted by Crippen LogP contribution is -2.44. The molecular weight excluding hydrogens is 295 g/mol. The molecule has 2 N–H and O–H groups in total. The topological polar surface area (TPSA) is 80.5 Å². The quantitative estimate of drug-likeness (QED) is 0.859. The first-order valence-corrected chi connectivity index (χ1v) is 8.46. The average Bonchev–Trinajstić information content (AvgIpc) is 2.49. The smallest absolute Gasteiger partial charge is 0.241 e. The molecule has 1 atom stereocenters. The lowest BCUT2D eigenvalue weighted by atomic mass is 10.1. The van der Waals surface area contributed by atoms with Gasteiger partial charge in [0.05, 0.1) is 10.6 Å². The summed E-state index contributed by atoms with van der Waals surface area (Å²) in [5.74, 6) is -1.22. The maximum absolute atomic E-state index is 13.4. The van der Waals surface area contributed by atoms with Gasteiger partial charge in [0.25, 0.3) is 0 Å². The minimum atomic E-state index is -3.91. The summed E-state index contributed by atoms with van der Waals surface area (Å²) in [6.45, 7) is 2.50. The van der Waals surface area contributed by atoms with Gasteiger partial charge in [-0.05, 0) is 44.4 Å². The van der Waals surface area contributed by atoms with Gasteiger partial charge in [0.1, 0.15) is 11.1 Å². The second-order valence-corrected chi connectivity index (χ2v) is 7.53. The first kappa shape index (κ1) is 15.8. The standard InChI is InChI=1S/C14H19FN2O3S/c1-10(14(18)17-7-3-2-4-8-17)21(19,20)11-5-6-13(16)12(15)9-11/h5-6,9-10H,2-4,7-8,16H2,1H3. The molecule has 0 spiro atoms. The van der Waals surface area contributed by atoms with Gasteiger partial charge in [-0.3, -0.25) is 4.79 Å². The van der Waals surface area contributed by atoms with Gasteiger partial charge in [-0.25, -0.2) is 12.8 Å². The van der Waals surface area contributed by atoms with Crippen LogP contribution in [0.2, 0.25) is 0 Å². The average molecular weight is 314 g/mol. The number of likely N-dealkylation sites (tertiary alicyclic amines) is 1. The van der Waals surface area contributed by atoms with Crippen LogP contribution in [-0.2, 0) is 14.6 Å². The van der Waals surface area contributed by atoms with Crippen LogP contribution in [0.4, 0.5) is 10.1 Å². The third-order valence-corrected chi connectivity index (χ3v) is 5.82. The Morgan fingerprint density at radius 2 is 1.90 bits per heavy atom. The predicted molar refractivity (Wildman–Crippen MR) is 77.9 cm³/mol. The Hall–Kier alpha value is -1.63. The molecule has 1 unspecified atom stereocenters. The summed E-state index contributed by atoms with van der Waals surface area (Å²) in [5.41, 5.74) is 5.22. The number of carbonyl (C=O) groups excluding carboxylic acids is 1. The van der Waals surface area contributed by atoms with E-state index >= 15 is 0 Å². The number of nitrogen functional groups attached to an aromatic ring is 1. The van der Waals surface area contributed by atoms with E-state index in [0.717, 1.165) is 25.3 Å². The molecule has 0 radical (unpaired) electrons. The van der Waals surface area contributed by atoms with Crippen molar-refractivity contribution >= 4 is 21.4 Å². The van der Waals surface area contributed by atoms with Crippen molar-refractivity contribution in [2.24, 2.45) is 0 Å². The Morgan fingerprint density at radius 3 is 2.48 bits per heavy atom. The van der Waals surface area contributed by atoms with Crippen LogP contribution in [0.5, 0.6) is 0 Å². The van der Waals surface area contributed by atoms with Gasteiger partial charge < -0.3 is 10.6 Å². The number of sulfone groups is 1. The fourth-order valence-electron chi connectivity index (χ4n) is 2.39. The second-order valence-electron chi connectivity index (χ2n) is 5.26. The highest BCUT2D eigenvalue weighted by Gasteiger charge is 2.33. The number of hydrogen-bond acceptors (Lipinski definition) is 4. The molecule has 116 valence electrons. The van der Waals surface area contributed by atoms with E-state index in [4.69, 9.17) is 5.73 Å². The first-order chi connectivity index (χ1) is 9.84. The lowest BCUT2D eigenvalue weighted by molar-refractivity contribution is -0.131. The van der Waals surface area contributed by atoms with Gasteiger partial charge in [0.2, 0.25) is 5.91 Å². The highest BCUT2D eigenvalue weighted by molar-refractivity contribution is 7.92. The summed E-state index contributed by atoms with van der Waals surface area (Å²) < 4.78 is 38.3. The van der Waals surface area contributed by atoms with Crippen molar-refractivity contribution < 1.29 is 17.6 Å². The van der Waals surface area contributed by atoms with Crippen molar-refractivity contribution in [1.82, 2.24) is 4.90 Å². The Labute approximate surface area is 123 Å². The van der Waals surface area contributed by atoms with Gasteiger partial charge in [-0.2, -0.15) is 0 Å². The number of halogens is 1. The van der Waals surface area contributed by atoms with Crippen molar-refractivity contribution in [1.29, 1.82) is 0 Å². The number of nitrogens with zero attached hydrogens (tertiary/aromatic N) is 1. The minimum absolute atomic E-state index is 0.121. The zero-order valence-electron chi connectivity index (χ0n) is 11.9. The summed E-state index contributed by atoms with van der Waals surface area (Å²) in [4.78, 5) is 13.7. The molecule has 0 aliphatic carbocycles. The van der Waals surface area contributed by atoms with Crippen LogP contribution >= 0.6 is 0 Å². The normalized spacial score (nSPS) is 17.5. The highest BCUT2D eigenvalue weighted by Crippen LogP contribution is 2.22. The van der Waals surface area contributed by atoms with Crippen molar-refractivity contribution in [3.8, 4) is 0 Å². The van der Waals surface area contributed by atoms with Gasteiger partial charge in [0.15, 0.2) is 9.84 Å². The van der Waals surface area contributed by atoms with E-state index in [0.29, 0.717) is 13.1 Å². The van der Waals surface area contributed by atoms with E-state index in [1.807, 2.05) is 0 Å². The van der Waals surface area contributed by atoms with E-state index < -0.39 is 26.8 Å². The fourth-order valence-corrected chi connectivity index (χ4v) is 3.74. The maximum atomic E-state index is 13.4. The van der Waals surface area contributed by atoms with Crippen molar-refractivity contribution in [2.45, 2.75) is 36.3 Å². The van der Waals surface area contributed by atoms with E-state index in [9.17, 15) is 17.6 Å². The highest BCUT2D eigenvalue weighted by atomic mass is 32.2. The maximum Gasteiger partial charge on any atom is 0.241 e. The lowest BCUT2D eigenvalue weighted by Gasteiger charge is -2.29. The summed E-state index contributed by atoms with van der Waals surface area (Å²) >= 11 is 0. The largest absolute Gasteiger partial charge is 0.396 e. The van der Waals surface area contributed by atoms with Crippen LogP contribution in [0.3, 0.4) is 0 Å². The Balaban J connectivity index is 2.25. The van der Waals surface area contributed by atoms with E-state index in [-0.39, 0.29) is 10.6 Å². The van der Waals surface area contributed by atoms with E-state index in [2.05, 4.69) is 0 Å². The molecule has 21 heavy (non-hydrogen) atoms. The molecule has 0 bridgehead atoms. The Bertz CT molecular complexity index is 640. The molecular formula is C14H19FN2O3S. The number of benzene rings is 1. The van der Waals surface area contributed by atoms with Crippen LogP contribution in [-0.4, -0.2) is 37.6 Å². The molecule has 1 amide bonds. The number of rotatable bonds is 3. The summed E-state index contributed by atoms with van der Waals surface area (Å²) in [6.07, 6.45) is 2.82. The number of piperidine rings is 1. The first-order valence-electron chi connectivity index (χ1n) is 6.92. The molecule has 7 heteroatoms. The van der Waals surface area contributed by atoms with Crippen molar-refractivity contribution in [3.63, 3.8) is 0 Å². The number of carbonyl (C=O) groups is 1. The van der Waals surface area contributed by atoms with Crippen molar-refractivity contribution in [2.75, 3.05) is 18.8 Å². The molecule has 0 aromatic heterocycles. The third kappa shape index (κ3) is 3.18. The Morgan fingerprint density at radius 1 is 1.29 bits per heavy atom. The van der Waals surface area contributed by atoms with Crippen LogP contribution < -0.4 is 5.73 Å². The van der Waals surface area contributed by atoms with E-state index in [1.165, 1.54) is 19.1 Å². The Kier molecular flexibility index (Phi) is 4.51. The summed E-state index contributed by atoms with van der Waals surface area (Å²) in [5, 5.41) is -1.22. The monoisotopic (exact) mass is 314 g/mol. The minimum Gasteiger partial charge on any atom is -0.396 e. The number of hydrogen-bond donors (Lipinski definition) is 1. The zero-order chi connectivity index (χ0) is 15.6. The SMILES string of the molecule is CC(C(=O)N1CCCCC1)S(=O)(=O)c1ccc(N)c(F)c1. The van der Waals surface area contributed by atoms with Gasteiger partial charge in [-0.1, -0.05) is 0 Å². The van der Waals surface area contributed by atoms with Crippen molar-refractivity contribution in [3.05, 3.63) is 24.0 Å². The third-order valence-electron chi connectivity index (χ3n) is 3.78. The molecule has 0 saturated carbocycles. The van der Waals surface area contributed by atoms with Crippen LogP contribution in [0.15, 0.2) is 23.1 Å². The predicted octanol–water partition coefficient (Wildman–Crippen LogP) is 1.58. The number of anilines is 1. The molecule has 2 rings (SSSR count). The molecule has 1 aromatic rings. The van der Waals surface area contributed by atoms with Gasteiger partial charge in [-0.15, -0.1) is 0 Å². The summed E-state index contributed by atoms with van der Waals surface area (Å²) in [6, 6.07) is 3.29. The molecule has 1 aliphatic rings. The molecule has 1 aromatic carbocycles. The molecule has 5 nitrogen and oxygen atoms in total. The molecule has 1 fully saturated rings.